The van der Waals surface area contributed by atoms with Crippen LogP contribution in [0.15, 0.2) is 48.1 Å². The number of carbonyl (C=O) groups excluding carboxylic acids is 2. The second kappa shape index (κ2) is 7.02. The summed E-state index contributed by atoms with van der Waals surface area (Å²) in [6.45, 7) is 6.40. The minimum atomic E-state index is -0.238. The lowest BCUT2D eigenvalue weighted by Crippen LogP contribution is -2.28. The zero-order valence-corrected chi connectivity index (χ0v) is 15.2. The van der Waals surface area contributed by atoms with Crippen molar-refractivity contribution in [2.24, 2.45) is 28.8 Å². The van der Waals surface area contributed by atoms with Crippen LogP contribution in [-0.2, 0) is 9.59 Å². The van der Waals surface area contributed by atoms with Crippen molar-refractivity contribution in [1.82, 2.24) is 5.01 Å². The molecule has 1 aromatic rings. The fourth-order valence-corrected chi connectivity index (χ4v) is 4.27. The Morgan fingerprint density at radius 1 is 1.15 bits per heavy atom. The van der Waals surface area contributed by atoms with Gasteiger partial charge in [0.15, 0.2) is 11.5 Å². The summed E-state index contributed by atoms with van der Waals surface area (Å²) in [5.41, 5.74) is 0.725. The predicted molar refractivity (Wildman–Crippen MR) is 100 cm³/mol. The minimum absolute atomic E-state index is 0.183. The molecule has 0 aromatic heterocycles. The van der Waals surface area contributed by atoms with Crippen molar-refractivity contribution < 1.29 is 19.1 Å². The number of hydrogen-bond donors (Lipinski definition) is 0. The lowest BCUT2D eigenvalue weighted by atomic mass is 9.85. The molecule has 2 fully saturated rings. The zero-order valence-electron chi connectivity index (χ0n) is 15.2. The maximum atomic E-state index is 12.7. The molecule has 2 aliphatic carbocycles. The van der Waals surface area contributed by atoms with E-state index in [1.54, 1.807) is 18.2 Å². The van der Waals surface area contributed by atoms with Crippen LogP contribution < -0.4 is 9.47 Å². The molecule has 1 saturated carbocycles. The van der Waals surface area contributed by atoms with Crippen molar-refractivity contribution in [1.29, 1.82) is 0 Å². The largest absolute Gasteiger partial charge is 0.490 e. The Labute approximate surface area is 158 Å². The number of rotatable bonds is 7. The SMILES string of the molecule is C=CCOc1ccc(C=NN2C(=O)[C@@H]3[C@H](C2=O)[C@H]2C=C[C@H]3C2)cc1OCC. The molecule has 4 atom stereocenters. The minimum Gasteiger partial charge on any atom is -0.490 e. The number of nitrogens with zero attached hydrogens (tertiary/aromatic N) is 2. The van der Waals surface area contributed by atoms with Gasteiger partial charge in [-0.15, -0.1) is 0 Å². The van der Waals surface area contributed by atoms with Crippen molar-refractivity contribution in [2.75, 3.05) is 13.2 Å². The standard InChI is InChI=1S/C21H22N2O4/c1-3-9-27-16-8-5-13(10-17(16)26-4-2)12-22-23-20(24)18-14-6-7-15(11-14)19(18)21(23)25/h3,5-8,10,12,14-15,18-19H,1,4,9,11H2,2H3/t14-,15-,18-,19+/m0/s1. The first kappa shape index (κ1) is 17.5. The first-order chi connectivity index (χ1) is 13.1. The first-order valence-electron chi connectivity index (χ1n) is 9.24. The van der Waals surface area contributed by atoms with E-state index in [1.165, 1.54) is 6.21 Å². The van der Waals surface area contributed by atoms with Gasteiger partial charge in [-0.1, -0.05) is 24.8 Å². The smallest absolute Gasteiger partial charge is 0.254 e. The molecule has 27 heavy (non-hydrogen) atoms. The van der Waals surface area contributed by atoms with E-state index in [0.29, 0.717) is 24.7 Å². The highest BCUT2D eigenvalue weighted by atomic mass is 16.5. The quantitative estimate of drug-likeness (QED) is 0.423. The van der Waals surface area contributed by atoms with E-state index in [9.17, 15) is 9.59 Å². The van der Waals surface area contributed by atoms with Gasteiger partial charge in [-0.25, -0.2) is 0 Å². The van der Waals surface area contributed by atoms with Gasteiger partial charge in [0.05, 0.1) is 24.7 Å². The topological polar surface area (TPSA) is 68.2 Å². The van der Waals surface area contributed by atoms with E-state index in [4.69, 9.17) is 9.47 Å². The Hall–Kier alpha value is -2.89. The molecular weight excluding hydrogens is 344 g/mol. The molecule has 6 nitrogen and oxygen atoms in total. The maximum Gasteiger partial charge on any atom is 0.254 e. The van der Waals surface area contributed by atoms with Gasteiger partial charge in [-0.2, -0.15) is 10.1 Å². The number of hydrazone groups is 1. The Morgan fingerprint density at radius 3 is 2.48 bits per heavy atom. The lowest BCUT2D eigenvalue weighted by Gasteiger charge is -2.13. The molecule has 1 aromatic carbocycles. The second-order valence-corrected chi connectivity index (χ2v) is 6.97. The van der Waals surface area contributed by atoms with E-state index >= 15 is 0 Å². The third-order valence-electron chi connectivity index (χ3n) is 5.39. The van der Waals surface area contributed by atoms with E-state index < -0.39 is 0 Å². The van der Waals surface area contributed by atoms with Crippen LogP contribution in [0.3, 0.4) is 0 Å². The van der Waals surface area contributed by atoms with Crippen LogP contribution >= 0.6 is 0 Å². The van der Waals surface area contributed by atoms with Gasteiger partial charge < -0.3 is 9.47 Å². The van der Waals surface area contributed by atoms with Crippen LogP contribution in [0.1, 0.15) is 18.9 Å². The van der Waals surface area contributed by atoms with Crippen LogP contribution in [0.25, 0.3) is 0 Å². The summed E-state index contributed by atoms with van der Waals surface area (Å²) in [5.74, 6) is 0.714. The third kappa shape index (κ3) is 2.95. The Kier molecular flexibility index (Phi) is 4.56. The number of imide groups is 1. The van der Waals surface area contributed by atoms with Crippen LogP contribution in [0.2, 0.25) is 0 Å². The summed E-state index contributed by atoms with van der Waals surface area (Å²) in [6.07, 6.45) is 8.23. The van der Waals surface area contributed by atoms with Gasteiger partial charge >= 0.3 is 0 Å². The number of hydrogen-bond acceptors (Lipinski definition) is 5. The van der Waals surface area contributed by atoms with Gasteiger partial charge in [-0.3, -0.25) is 9.59 Å². The molecule has 1 aliphatic heterocycles. The molecule has 0 spiro atoms. The van der Waals surface area contributed by atoms with E-state index in [0.717, 1.165) is 17.0 Å². The van der Waals surface area contributed by atoms with Crippen molar-refractivity contribution in [3.63, 3.8) is 0 Å². The van der Waals surface area contributed by atoms with E-state index in [1.807, 2.05) is 13.0 Å². The number of carbonyl (C=O) groups is 2. The first-order valence-corrected chi connectivity index (χ1v) is 9.24. The Bertz CT molecular complexity index is 815. The molecule has 0 N–H and O–H groups in total. The van der Waals surface area contributed by atoms with Crippen LogP contribution in [0.4, 0.5) is 0 Å². The highest BCUT2D eigenvalue weighted by molar-refractivity contribution is 6.06. The summed E-state index contributed by atoms with van der Waals surface area (Å²) < 4.78 is 11.2. The highest BCUT2D eigenvalue weighted by Gasteiger charge is 2.59. The Morgan fingerprint density at radius 2 is 1.85 bits per heavy atom. The van der Waals surface area contributed by atoms with E-state index in [2.05, 4.69) is 23.8 Å². The summed E-state index contributed by atoms with van der Waals surface area (Å²) >= 11 is 0. The molecule has 2 amide bonds. The highest BCUT2D eigenvalue weighted by Crippen LogP contribution is 2.52. The van der Waals surface area contributed by atoms with Gasteiger partial charge in [0.25, 0.3) is 11.8 Å². The molecule has 1 saturated heterocycles. The summed E-state index contributed by atoms with van der Waals surface area (Å²) in [4.78, 5) is 25.3. The number of fused-ring (bicyclic) bond motifs is 5. The Balaban J connectivity index is 1.53. The molecule has 0 radical (unpaired) electrons. The molecule has 6 heteroatoms. The number of benzene rings is 1. The molecule has 0 unspecified atom stereocenters. The number of amides is 2. The second-order valence-electron chi connectivity index (χ2n) is 6.97. The van der Waals surface area contributed by atoms with Crippen molar-refractivity contribution in [3.8, 4) is 11.5 Å². The van der Waals surface area contributed by atoms with Gasteiger partial charge in [0, 0.05) is 0 Å². The molecular formula is C21H22N2O4. The molecule has 140 valence electrons. The lowest BCUT2D eigenvalue weighted by molar-refractivity contribution is -0.140. The van der Waals surface area contributed by atoms with Crippen LogP contribution in [0, 0.1) is 23.7 Å². The van der Waals surface area contributed by atoms with Crippen LogP contribution in [0.5, 0.6) is 11.5 Å². The molecule has 2 bridgehead atoms. The van der Waals surface area contributed by atoms with Crippen molar-refractivity contribution >= 4 is 18.0 Å². The van der Waals surface area contributed by atoms with Crippen molar-refractivity contribution in [2.45, 2.75) is 13.3 Å². The number of ether oxygens (including phenoxy) is 2. The normalized spacial score (nSPS) is 28.3. The predicted octanol–water partition coefficient (Wildman–Crippen LogP) is 2.79. The molecule has 3 aliphatic rings. The molecule has 4 rings (SSSR count). The van der Waals surface area contributed by atoms with Crippen molar-refractivity contribution in [3.05, 3.63) is 48.6 Å². The van der Waals surface area contributed by atoms with Gasteiger partial charge in [-0.05, 0) is 48.9 Å². The third-order valence-corrected chi connectivity index (χ3v) is 5.39. The summed E-state index contributed by atoms with van der Waals surface area (Å²) in [6, 6.07) is 5.37. The monoisotopic (exact) mass is 366 g/mol. The zero-order chi connectivity index (χ0) is 19.0. The average Bonchev–Trinajstić information content (AvgIpc) is 3.34. The van der Waals surface area contributed by atoms with Gasteiger partial charge in [0.1, 0.15) is 6.61 Å². The fourth-order valence-electron chi connectivity index (χ4n) is 4.27. The van der Waals surface area contributed by atoms with Crippen LogP contribution in [-0.4, -0.2) is 36.3 Å². The maximum absolute atomic E-state index is 12.7. The fraction of sp³-hybridized carbons (Fsp3) is 0.381. The van der Waals surface area contributed by atoms with Gasteiger partial charge in [0.2, 0.25) is 0 Å². The average molecular weight is 366 g/mol. The molecule has 1 heterocycles. The van der Waals surface area contributed by atoms with E-state index in [-0.39, 0.29) is 35.5 Å². The summed E-state index contributed by atoms with van der Waals surface area (Å²) in [7, 11) is 0. The summed E-state index contributed by atoms with van der Waals surface area (Å²) in [5, 5.41) is 5.24. The number of allylic oxidation sites excluding steroid dienone is 2.